The van der Waals surface area contributed by atoms with Gasteiger partial charge in [-0.15, -0.1) is 0 Å². The maximum absolute atomic E-state index is 12.1. The minimum atomic E-state index is -0.195. The Labute approximate surface area is 144 Å². The molecule has 24 heavy (non-hydrogen) atoms. The standard InChI is InChI=1S/C18H16N2O3S/c1-11-5-3-4-6-13(11)19-18-20-17(22)16(24-18)10-12-7-8-14(21)15(9-12)23-2/h3-10,21H,1-2H3,(H,19,20,22). The zero-order valence-electron chi connectivity index (χ0n) is 13.2. The first-order chi connectivity index (χ1) is 11.6. The summed E-state index contributed by atoms with van der Waals surface area (Å²) in [7, 11) is 1.48. The summed E-state index contributed by atoms with van der Waals surface area (Å²) in [6.07, 6.45) is 1.74. The highest BCUT2D eigenvalue weighted by Gasteiger charge is 2.24. The molecule has 0 radical (unpaired) electrons. The van der Waals surface area contributed by atoms with Crippen molar-refractivity contribution in [1.29, 1.82) is 0 Å². The number of amides is 1. The fraction of sp³-hybridized carbons (Fsp3) is 0.111. The summed E-state index contributed by atoms with van der Waals surface area (Å²) in [5.41, 5.74) is 2.63. The number of carbonyl (C=O) groups excluding carboxylic acids is 1. The van der Waals surface area contributed by atoms with Crippen molar-refractivity contribution in [3.63, 3.8) is 0 Å². The van der Waals surface area contributed by atoms with E-state index in [9.17, 15) is 9.90 Å². The van der Waals surface area contributed by atoms with Gasteiger partial charge in [0.2, 0.25) is 0 Å². The molecule has 1 heterocycles. The number of benzene rings is 2. The Bertz CT molecular complexity index is 859. The fourth-order valence-corrected chi connectivity index (χ4v) is 3.05. The topological polar surface area (TPSA) is 70.9 Å². The van der Waals surface area contributed by atoms with E-state index in [1.54, 1.807) is 18.2 Å². The molecular formula is C18H16N2O3S. The Morgan fingerprint density at radius 2 is 2.04 bits per heavy atom. The normalized spacial score (nSPS) is 17.3. The Morgan fingerprint density at radius 1 is 1.25 bits per heavy atom. The Hall–Kier alpha value is -2.73. The van der Waals surface area contributed by atoms with Gasteiger partial charge in [-0.1, -0.05) is 24.3 Å². The third-order valence-electron chi connectivity index (χ3n) is 3.49. The molecule has 0 aromatic heterocycles. The highest BCUT2D eigenvalue weighted by molar-refractivity contribution is 8.18. The molecule has 0 aliphatic carbocycles. The highest BCUT2D eigenvalue weighted by Crippen LogP contribution is 2.31. The lowest BCUT2D eigenvalue weighted by Crippen LogP contribution is -2.19. The molecule has 122 valence electrons. The molecule has 1 fully saturated rings. The van der Waals surface area contributed by atoms with Gasteiger partial charge in [-0.3, -0.25) is 4.79 Å². The Balaban J connectivity index is 1.86. The van der Waals surface area contributed by atoms with Gasteiger partial charge in [0.15, 0.2) is 16.7 Å². The van der Waals surface area contributed by atoms with Crippen molar-refractivity contribution >= 4 is 34.6 Å². The zero-order valence-corrected chi connectivity index (χ0v) is 14.1. The smallest absolute Gasteiger partial charge is 0.264 e. The number of para-hydroxylation sites is 1. The maximum Gasteiger partial charge on any atom is 0.264 e. The van der Waals surface area contributed by atoms with Crippen molar-refractivity contribution in [2.75, 3.05) is 7.11 Å². The van der Waals surface area contributed by atoms with Gasteiger partial charge in [0.05, 0.1) is 17.7 Å². The van der Waals surface area contributed by atoms with Crippen molar-refractivity contribution in [3.8, 4) is 11.5 Å². The van der Waals surface area contributed by atoms with Gasteiger partial charge >= 0.3 is 0 Å². The lowest BCUT2D eigenvalue weighted by molar-refractivity contribution is -0.115. The number of aromatic hydroxyl groups is 1. The zero-order chi connectivity index (χ0) is 17.1. The Kier molecular flexibility index (Phi) is 4.57. The number of ether oxygens (including phenoxy) is 1. The number of nitrogens with one attached hydrogen (secondary N) is 1. The van der Waals surface area contributed by atoms with E-state index >= 15 is 0 Å². The highest BCUT2D eigenvalue weighted by atomic mass is 32.2. The number of nitrogens with zero attached hydrogens (tertiary/aromatic N) is 1. The summed E-state index contributed by atoms with van der Waals surface area (Å²) in [6, 6.07) is 12.7. The summed E-state index contributed by atoms with van der Waals surface area (Å²) in [6.45, 7) is 1.97. The summed E-state index contributed by atoms with van der Waals surface area (Å²) >= 11 is 1.28. The van der Waals surface area contributed by atoms with Crippen LogP contribution < -0.4 is 10.1 Å². The van der Waals surface area contributed by atoms with Gasteiger partial charge in [-0.05, 0) is 54.1 Å². The van der Waals surface area contributed by atoms with Crippen LogP contribution in [0.3, 0.4) is 0 Å². The summed E-state index contributed by atoms with van der Waals surface area (Å²) in [5, 5.41) is 12.9. The van der Waals surface area contributed by atoms with Crippen LogP contribution in [-0.2, 0) is 4.79 Å². The van der Waals surface area contributed by atoms with Crippen LogP contribution in [0.1, 0.15) is 11.1 Å². The van der Waals surface area contributed by atoms with Crippen LogP contribution in [-0.4, -0.2) is 23.3 Å². The molecule has 5 nitrogen and oxygen atoms in total. The van der Waals surface area contributed by atoms with Gasteiger partial charge in [0.25, 0.3) is 5.91 Å². The van der Waals surface area contributed by atoms with E-state index in [0.29, 0.717) is 15.8 Å². The molecule has 1 saturated heterocycles. The number of hydrogen-bond donors (Lipinski definition) is 2. The molecule has 1 aliphatic rings. The molecule has 0 saturated carbocycles. The third-order valence-corrected chi connectivity index (χ3v) is 4.40. The number of rotatable bonds is 3. The molecule has 0 spiro atoms. The molecule has 0 bridgehead atoms. The molecule has 6 heteroatoms. The Morgan fingerprint density at radius 3 is 2.79 bits per heavy atom. The van der Waals surface area contributed by atoms with Crippen LogP contribution in [0.5, 0.6) is 11.5 Å². The number of amidine groups is 1. The van der Waals surface area contributed by atoms with Crippen molar-refractivity contribution in [2.45, 2.75) is 6.92 Å². The molecule has 2 N–H and O–H groups in total. The maximum atomic E-state index is 12.1. The number of carbonyl (C=O) groups is 1. The lowest BCUT2D eigenvalue weighted by atomic mass is 10.2. The molecule has 2 aromatic rings. The predicted octanol–water partition coefficient (Wildman–Crippen LogP) is 3.60. The minimum Gasteiger partial charge on any atom is -0.504 e. The van der Waals surface area contributed by atoms with Crippen LogP contribution in [0.4, 0.5) is 5.69 Å². The molecule has 1 amide bonds. The second-order valence-electron chi connectivity index (χ2n) is 5.20. The molecule has 3 rings (SSSR count). The van der Waals surface area contributed by atoms with E-state index in [-0.39, 0.29) is 11.7 Å². The van der Waals surface area contributed by atoms with Crippen LogP contribution >= 0.6 is 11.8 Å². The number of phenols is 1. The van der Waals surface area contributed by atoms with Crippen LogP contribution in [0.2, 0.25) is 0 Å². The van der Waals surface area contributed by atoms with E-state index in [1.807, 2.05) is 31.2 Å². The number of aliphatic imine (C=N–C) groups is 1. The van der Waals surface area contributed by atoms with Gasteiger partial charge < -0.3 is 15.2 Å². The second-order valence-corrected chi connectivity index (χ2v) is 6.23. The van der Waals surface area contributed by atoms with Crippen LogP contribution in [0.15, 0.2) is 52.4 Å². The first-order valence-electron chi connectivity index (χ1n) is 7.29. The quantitative estimate of drug-likeness (QED) is 0.838. The predicted molar refractivity (Wildman–Crippen MR) is 96.6 cm³/mol. The summed E-state index contributed by atoms with van der Waals surface area (Å²) < 4.78 is 5.08. The lowest BCUT2D eigenvalue weighted by Gasteiger charge is -2.03. The number of methoxy groups -OCH3 is 1. The van der Waals surface area contributed by atoms with Crippen molar-refractivity contribution < 1.29 is 14.6 Å². The average Bonchev–Trinajstić information content (AvgIpc) is 2.91. The SMILES string of the molecule is COc1cc(C=C2SC(=Nc3ccccc3C)NC2=O)ccc1O. The fourth-order valence-electron chi connectivity index (χ4n) is 2.21. The van der Waals surface area contributed by atoms with E-state index in [0.717, 1.165) is 16.8 Å². The summed E-state index contributed by atoms with van der Waals surface area (Å²) in [5.74, 6) is 0.228. The van der Waals surface area contributed by atoms with Crippen molar-refractivity contribution in [3.05, 3.63) is 58.5 Å². The van der Waals surface area contributed by atoms with E-state index < -0.39 is 0 Å². The second kappa shape index (κ2) is 6.80. The third kappa shape index (κ3) is 3.44. The molecule has 2 aromatic carbocycles. The number of hydrogen-bond acceptors (Lipinski definition) is 5. The monoisotopic (exact) mass is 340 g/mol. The van der Waals surface area contributed by atoms with Crippen molar-refractivity contribution in [1.82, 2.24) is 5.32 Å². The van der Waals surface area contributed by atoms with E-state index in [4.69, 9.17) is 4.74 Å². The molecule has 0 unspecified atom stereocenters. The van der Waals surface area contributed by atoms with Crippen LogP contribution in [0, 0.1) is 6.92 Å². The first kappa shape index (κ1) is 16.1. The summed E-state index contributed by atoms with van der Waals surface area (Å²) in [4.78, 5) is 17.2. The average molecular weight is 340 g/mol. The van der Waals surface area contributed by atoms with E-state index in [1.165, 1.54) is 24.9 Å². The van der Waals surface area contributed by atoms with E-state index in [2.05, 4.69) is 10.3 Å². The molecular weight excluding hydrogens is 324 g/mol. The first-order valence-corrected chi connectivity index (χ1v) is 8.10. The molecule has 0 atom stereocenters. The van der Waals surface area contributed by atoms with Gasteiger partial charge in [-0.2, -0.15) is 0 Å². The van der Waals surface area contributed by atoms with Gasteiger partial charge in [0, 0.05) is 0 Å². The van der Waals surface area contributed by atoms with Crippen molar-refractivity contribution in [2.24, 2.45) is 4.99 Å². The largest absolute Gasteiger partial charge is 0.504 e. The number of phenolic OH excluding ortho intramolecular Hbond substituents is 1. The van der Waals surface area contributed by atoms with Gasteiger partial charge in [0.1, 0.15) is 0 Å². The number of thioether (sulfide) groups is 1. The number of aryl methyl sites for hydroxylation is 1. The van der Waals surface area contributed by atoms with Crippen LogP contribution in [0.25, 0.3) is 6.08 Å². The minimum absolute atomic E-state index is 0.0602. The molecule has 1 aliphatic heterocycles. The van der Waals surface area contributed by atoms with Gasteiger partial charge in [-0.25, -0.2) is 4.99 Å².